The van der Waals surface area contributed by atoms with Crippen molar-refractivity contribution in [2.45, 2.75) is 6.54 Å². The number of ether oxygens (including phenoxy) is 1. The summed E-state index contributed by atoms with van der Waals surface area (Å²) in [6.07, 6.45) is 0. The lowest BCUT2D eigenvalue weighted by atomic mass is 10.2. The molecule has 1 unspecified atom stereocenters. The third-order valence-corrected chi connectivity index (χ3v) is 3.62. The summed E-state index contributed by atoms with van der Waals surface area (Å²) < 4.78 is 28.6. The fraction of sp³-hybridized carbons (Fsp3) is 0.143. The van der Waals surface area contributed by atoms with Crippen LogP contribution in [0, 0.1) is 0 Å². The van der Waals surface area contributed by atoms with E-state index in [2.05, 4.69) is 15.0 Å². The Morgan fingerprint density at radius 3 is 2.73 bits per heavy atom. The van der Waals surface area contributed by atoms with E-state index in [1.54, 1.807) is 11.8 Å². The number of aromatic nitrogens is 3. The molecule has 3 rings (SSSR count). The first kappa shape index (κ1) is 14.6. The van der Waals surface area contributed by atoms with Crippen LogP contribution in [-0.2, 0) is 17.8 Å². The second-order valence-corrected chi connectivity index (χ2v) is 5.38. The maximum atomic E-state index is 10.6. The van der Waals surface area contributed by atoms with E-state index < -0.39 is 11.3 Å². The van der Waals surface area contributed by atoms with Crippen LogP contribution < -0.4 is 9.46 Å². The fourth-order valence-electron chi connectivity index (χ4n) is 2.12. The van der Waals surface area contributed by atoms with Crippen molar-refractivity contribution in [3.63, 3.8) is 0 Å². The first-order valence-corrected chi connectivity index (χ1v) is 7.61. The topological polar surface area (TPSA) is 89.3 Å². The van der Waals surface area contributed by atoms with Crippen LogP contribution in [-0.4, -0.2) is 30.9 Å². The van der Waals surface area contributed by atoms with Crippen molar-refractivity contribution < 1.29 is 13.5 Å². The average molecular weight is 318 g/mol. The van der Waals surface area contributed by atoms with Gasteiger partial charge in [-0.1, -0.05) is 17.3 Å². The molecule has 0 radical (unpaired) electrons. The first-order valence-electron chi connectivity index (χ1n) is 6.50. The molecule has 8 heteroatoms. The zero-order valence-electron chi connectivity index (χ0n) is 11.8. The summed E-state index contributed by atoms with van der Waals surface area (Å²) in [4.78, 5) is 0. The Labute approximate surface area is 129 Å². The van der Waals surface area contributed by atoms with Crippen molar-refractivity contribution >= 4 is 22.3 Å². The molecular formula is C14H14N4O3S. The molecule has 7 nitrogen and oxygen atoms in total. The van der Waals surface area contributed by atoms with Crippen LogP contribution in [0.25, 0.3) is 16.7 Å². The summed E-state index contributed by atoms with van der Waals surface area (Å²) in [6, 6.07) is 13.1. The number of fused-ring (bicyclic) bond motifs is 1. The quantitative estimate of drug-likeness (QED) is 0.698. The van der Waals surface area contributed by atoms with Gasteiger partial charge in [0.25, 0.3) is 0 Å². The van der Waals surface area contributed by atoms with Crippen LogP contribution in [0.4, 0.5) is 0 Å². The molecule has 1 aromatic heterocycles. The van der Waals surface area contributed by atoms with Gasteiger partial charge in [0.05, 0.1) is 18.3 Å². The highest BCUT2D eigenvalue weighted by Crippen LogP contribution is 2.21. The van der Waals surface area contributed by atoms with Gasteiger partial charge in [-0.05, 0) is 29.8 Å². The number of methoxy groups -OCH3 is 1. The molecule has 0 aliphatic heterocycles. The minimum atomic E-state index is -2.01. The number of hydrogen-bond donors (Lipinski definition) is 2. The molecule has 2 aromatic carbocycles. The van der Waals surface area contributed by atoms with Crippen LogP contribution >= 0.6 is 0 Å². The van der Waals surface area contributed by atoms with Gasteiger partial charge < -0.3 is 4.74 Å². The second kappa shape index (κ2) is 6.22. The van der Waals surface area contributed by atoms with E-state index in [1.807, 2.05) is 42.5 Å². The summed E-state index contributed by atoms with van der Waals surface area (Å²) in [5.41, 5.74) is 3.39. The Morgan fingerprint density at radius 1 is 1.27 bits per heavy atom. The van der Waals surface area contributed by atoms with Gasteiger partial charge in [-0.3, -0.25) is 4.55 Å². The molecule has 0 aliphatic rings. The average Bonchev–Trinajstić information content (AvgIpc) is 2.96. The highest BCUT2D eigenvalue weighted by atomic mass is 32.2. The second-order valence-electron chi connectivity index (χ2n) is 4.59. The summed E-state index contributed by atoms with van der Waals surface area (Å²) in [5, 5.41) is 8.28. The Bertz CT molecular complexity index is 817. The number of benzene rings is 2. The van der Waals surface area contributed by atoms with Crippen molar-refractivity contribution in [3.05, 3.63) is 48.0 Å². The predicted octanol–water partition coefficient (Wildman–Crippen LogP) is 1.66. The lowest BCUT2D eigenvalue weighted by Crippen LogP contribution is -2.15. The molecule has 3 aromatic rings. The maximum absolute atomic E-state index is 10.6. The van der Waals surface area contributed by atoms with Gasteiger partial charge in [0.1, 0.15) is 11.3 Å². The van der Waals surface area contributed by atoms with Crippen LogP contribution in [0.5, 0.6) is 5.75 Å². The van der Waals surface area contributed by atoms with Crippen LogP contribution in [0.2, 0.25) is 0 Å². The van der Waals surface area contributed by atoms with E-state index >= 15 is 0 Å². The zero-order valence-corrected chi connectivity index (χ0v) is 12.6. The standard InChI is InChI=1S/C14H14N4O3S/c1-21-12-6-7-14-13(8-12)16-17-18(14)11-4-2-10(3-5-11)9-15-22(19)20/h2-8,15H,9H2,1H3,(H,19,20). The third-order valence-electron chi connectivity index (χ3n) is 3.23. The molecule has 0 saturated carbocycles. The van der Waals surface area contributed by atoms with Gasteiger partial charge in [-0.2, -0.15) is 0 Å². The lowest BCUT2D eigenvalue weighted by Gasteiger charge is -2.05. The van der Waals surface area contributed by atoms with Gasteiger partial charge in [0.15, 0.2) is 0 Å². The van der Waals surface area contributed by atoms with Crippen molar-refractivity contribution in [1.82, 2.24) is 19.7 Å². The van der Waals surface area contributed by atoms with Crippen molar-refractivity contribution in [2.75, 3.05) is 7.11 Å². The number of rotatable bonds is 5. The molecule has 0 aliphatic carbocycles. The monoisotopic (exact) mass is 318 g/mol. The molecule has 0 fully saturated rings. The highest BCUT2D eigenvalue weighted by molar-refractivity contribution is 7.77. The lowest BCUT2D eigenvalue weighted by molar-refractivity contribution is 0.415. The van der Waals surface area contributed by atoms with Gasteiger partial charge in [-0.25, -0.2) is 13.6 Å². The number of nitrogens with one attached hydrogen (secondary N) is 1. The van der Waals surface area contributed by atoms with E-state index in [0.29, 0.717) is 6.54 Å². The smallest absolute Gasteiger partial charge is 0.232 e. The minimum absolute atomic E-state index is 0.318. The Balaban J connectivity index is 1.89. The van der Waals surface area contributed by atoms with Gasteiger partial charge >= 0.3 is 0 Å². The Morgan fingerprint density at radius 2 is 2.05 bits per heavy atom. The zero-order chi connectivity index (χ0) is 15.5. The number of hydrogen-bond acceptors (Lipinski definition) is 4. The van der Waals surface area contributed by atoms with E-state index in [-0.39, 0.29) is 0 Å². The molecule has 0 saturated heterocycles. The molecule has 1 heterocycles. The maximum Gasteiger partial charge on any atom is 0.232 e. The van der Waals surface area contributed by atoms with Crippen molar-refractivity contribution in [2.24, 2.45) is 0 Å². The Hall–Kier alpha value is -2.29. The van der Waals surface area contributed by atoms with E-state index in [0.717, 1.165) is 28.0 Å². The number of nitrogens with zero attached hydrogens (tertiary/aromatic N) is 3. The molecule has 22 heavy (non-hydrogen) atoms. The highest BCUT2D eigenvalue weighted by Gasteiger charge is 2.07. The predicted molar refractivity (Wildman–Crippen MR) is 83.0 cm³/mol. The first-order chi connectivity index (χ1) is 10.7. The summed E-state index contributed by atoms with van der Waals surface area (Å²) in [5.74, 6) is 0.734. The van der Waals surface area contributed by atoms with Crippen LogP contribution in [0.15, 0.2) is 42.5 Å². The largest absolute Gasteiger partial charge is 0.497 e. The van der Waals surface area contributed by atoms with E-state index in [4.69, 9.17) is 9.29 Å². The summed E-state index contributed by atoms with van der Waals surface area (Å²) >= 11 is -2.01. The molecule has 0 spiro atoms. The fourth-order valence-corrected chi connectivity index (χ4v) is 2.41. The third kappa shape index (κ3) is 2.98. The van der Waals surface area contributed by atoms with E-state index in [1.165, 1.54) is 0 Å². The molecule has 0 bridgehead atoms. The van der Waals surface area contributed by atoms with Crippen molar-refractivity contribution in [1.29, 1.82) is 0 Å². The van der Waals surface area contributed by atoms with Crippen LogP contribution in [0.1, 0.15) is 5.56 Å². The molecule has 1 atom stereocenters. The van der Waals surface area contributed by atoms with Gasteiger partial charge in [0.2, 0.25) is 11.3 Å². The van der Waals surface area contributed by atoms with Gasteiger partial charge in [-0.15, -0.1) is 5.10 Å². The molecular weight excluding hydrogens is 304 g/mol. The summed E-state index contributed by atoms with van der Waals surface area (Å²) in [7, 11) is 1.61. The van der Waals surface area contributed by atoms with Gasteiger partial charge in [0, 0.05) is 12.6 Å². The minimum Gasteiger partial charge on any atom is -0.497 e. The molecule has 114 valence electrons. The Kier molecular flexibility index (Phi) is 4.14. The molecule has 2 N–H and O–H groups in total. The SMILES string of the molecule is COc1ccc2c(c1)nnn2-c1ccc(CNS(=O)O)cc1. The van der Waals surface area contributed by atoms with E-state index in [9.17, 15) is 4.21 Å². The normalized spacial score (nSPS) is 12.5. The van der Waals surface area contributed by atoms with Crippen molar-refractivity contribution in [3.8, 4) is 11.4 Å². The van der Waals surface area contributed by atoms with Crippen LogP contribution in [0.3, 0.4) is 0 Å². The summed E-state index contributed by atoms with van der Waals surface area (Å²) in [6.45, 7) is 0.318. The molecule has 0 amide bonds.